The fourth-order valence-corrected chi connectivity index (χ4v) is 4.03. The summed E-state index contributed by atoms with van der Waals surface area (Å²) in [6, 6.07) is 7.40. The topological polar surface area (TPSA) is 65.0 Å². The van der Waals surface area contributed by atoms with Crippen LogP contribution in [0.4, 0.5) is 0 Å². The molecule has 3 rings (SSSR count). The van der Waals surface area contributed by atoms with E-state index >= 15 is 0 Å². The van der Waals surface area contributed by atoms with E-state index in [4.69, 9.17) is 14.2 Å². The van der Waals surface area contributed by atoms with Crippen LogP contribution < -0.4 is 9.47 Å². The van der Waals surface area contributed by atoms with E-state index < -0.39 is 12.1 Å². The number of cyclic esters (lactones) is 1. The van der Waals surface area contributed by atoms with Crippen LogP contribution in [0, 0.1) is 24.7 Å². The number of aryl methyl sites for hydroxylation is 1. The van der Waals surface area contributed by atoms with Gasteiger partial charge in [-0.05, 0) is 55.5 Å². The van der Waals surface area contributed by atoms with Crippen LogP contribution in [0.2, 0.25) is 0 Å². The summed E-state index contributed by atoms with van der Waals surface area (Å²) in [6.07, 6.45) is 3.99. The molecule has 0 saturated carbocycles. The molecular weight excluding hydrogens is 416 g/mol. The maximum absolute atomic E-state index is 13.0. The monoisotopic (exact) mass is 450 g/mol. The standard InChI is InChI=1S/C28H34O5/c1-6-7-8-9-10-11-20-15-19(4)16-21-17-32-28(30)25-24(33-26(20)21)13-12-22(27(25)31-5)23(29)14-18(2)3/h12-13,15-16,18,23,29H,6-9,14,17H2,1-5H3. The first-order valence-electron chi connectivity index (χ1n) is 11.7. The van der Waals surface area contributed by atoms with Crippen LogP contribution in [0.5, 0.6) is 17.2 Å². The second kappa shape index (κ2) is 11.2. The number of unbranched alkanes of at least 4 members (excludes halogenated alkanes) is 3. The molecule has 0 fully saturated rings. The van der Waals surface area contributed by atoms with Crippen molar-refractivity contribution in [1.82, 2.24) is 0 Å². The second-order valence-electron chi connectivity index (χ2n) is 8.94. The normalized spacial score (nSPS) is 13.5. The van der Waals surface area contributed by atoms with E-state index in [1.807, 2.05) is 32.9 Å². The molecule has 5 heteroatoms. The summed E-state index contributed by atoms with van der Waals surface area (Å²) in [6.45, 7) is 8.30. The van der Waals surface area contributed by atoms with Crippen molar-refractivity contribution in [2.45, 2.75) is 72.5 Å². The maximum atomic E-state index is 13.0. The fourth-order valence-electron chi connectivity index (χ4n) is 4.03. The third-order valence-electron chi connectivity index (χ3n) is 5.62. The number of esters is 1. The predicted octanol–water partition coefficient (Wildman–Crippen LogP) is 6.48. The van der Waals surface area contributed by atoms with Gasteiger partial charge >= 0.3 is 5.97 Å². The highest BCUT2D eigenvalue weighted by Crippen LogP contribution is 2.42. The zero-order valence-electron chi connectivity index (χ0n) is 20.3. The predicted molar refractivity (Wildman–Crippen MR) is 129 cm³/mol. The molecule has 5 nitrogen and oxygen atoms in total. The summed E-state index contributed by atoms with van der Waals surface area (Å²) in [5.41, 5.74) is 3.30. The van der Waals surface area contributed by atoms with Crippen LogP contribution in [-0.4, -0.2) is 18.2 Å². The highest BCUT2D eigenvalue weighted by molar-refractivity contribution is 5.96. The number of benzene rings is 2. The lowest BCUT2D eigenvalue weighted by molar-refractivity contribution is 0.0454. The summed E-state index contributed by atoms with van der Waals surface area (Å²) < 4.78 is 17.5. The van der Waals surface area contributed by atoms with Gasteiger partial charge in [0.15, 0.2) is 0 Å². The van der Waals surface area contributed by atoms with E-state index in [0.717, 1.165) is 42.4 Å². The summed E-state index contributed by atoms with van der Waals surface area (Å²) in [5.74, 6) is 7.45. The Kier molecular flexibility index (Phi) is 8.41. The van der Waals surface area contributed by atoms with Crippen LogP contribution in [-0.2, 0) is 11.3 Å². The number of hydrogen-bond acceptors (Lipinski definition) is 5. The molecular formula is C28H34O5. The Morgan fingerprint density at radius 1 is 1.21 bits per heavy atom. The summed E-state index contributed by atoms with van der Waals surface area (Å²) in [5, 5.41) is 10.7. The molecule has 1 heterocycles. The summed E-state index contributed by atoms with van der Waals surface area (Å²) >= 11 is 0. The van der Waals surface area contributed by atoms with Crippen molar-refractivity contribution in [3.05, 3.63) is 52.1 Å². The molecule has 1 unspecified atom stereocenters. The van der Waals surface area contributed by atoms with Gasteiger partial charge in [-0.25, -0.2) is 4.79 Å². The molecule has 1 atom stereocenters. The largest absolute Gasteiger partial charge is 0.495 e. The minimum Gasteiger partial charge on any atom is -0.495 e. The number of methoxy groups -OCH3 is 1. The highest BCUT2D eigenvalue weighted by atomic mass is 16.5. The SMILES string of the molecule is CCCCCC#Cc1cc(C)cc2c1Oc1ccc(C(O)CC(C)C)c(OC)c1C(=O)OC2. The van der Waals surface area contributed by atoms with Gasteiger partial charge in [0, 0.05) is 17.5 Å². The van der Waals surface area contributed by atoms with E-state index in [1.165, 1.54) is 7.11 Å². The Hall–Kier alpha value is -2.97. The van der Waals surface area contributed by atoms with Gasteiger partial charge in [0.05, 0.1) is 18.8 Å². The second-order valence-corrected chi connectivity index (χ2v) is 8.94. The lowest BCUT2D eigenvalue weighted by Crippen LogP contribution is -2.15. The van der Waals surface area contributed by atoms with Crippen LogP contribution in [0.1, 0.15) is 91.6 Å². The number of ether oxygens (including phenoxy) is 3. The van der Waals surface area contributed by atoms with Crippen molar-refractivity contribution in [1.29, 1.82) is 0 Å². The molecule has 1 aliphatic rings. The van der Waals surface area contributed by atoms with E-state index in [0.29, 0.717) is 23.5 Å². The van der Waals surface area contributed by atoms with E-state index in [2.05, 4.69) is 18.8 Å². The molecule has 1 aliphatic heterocycles. The molecule has 0 aliphatic carbocycles. The van der Waals surface area contributed by atoms with Crippen molar-refractivity contribution in [3.63, 3.8) is 0 Å². The van der Waals surface area contributed by atoms with Gasteiger partial charge in [0.25, 0.3) is 0 Å². The van der Waals surface area contributed by atoms with Gasteiger partial charge < -0.3 is 19.3 Å². The summed E-state index contributed by atoms with van der Waals surface area (Å²) in [7, 11) is 1.48. The third kappa shape index (κ3) is 5.89. The van der Waals surface area contributed by atoms with Gasteiger partial charge in [-0.2, -0.15) is 0 Å². The molecule has 2 aromatic rings. The Labute approximate surface area is 197 Å². The van der Waals surface area contributed by atoms with Crippen molar-refractivity contribution < 1.29 is 24.1 Å². The van der Waals surface area contributed by atoms with Crippen LogP contribution in [0.15, 0.2) is 24.3 Å². The quantitative estimate of drug-likeness (QED) is 0.297. The van der Waals surface area contributed by atoms with E-state index in [9.17, 15) is 9.90 Å². The highest BCUT2D eigenvalue weighted by Gasteiger charge is 2.29. The average molecular weight is 451 g/mol. The van der Waals surface area contributed by atoms with E-state index in [1.54, 1.807) is 12.1 Å². The molecule has 2 aromatic carbocycles. The lowest BCUT2D eigenvalue weighted by Gasteiger charge is -2.24. The lowest BCUT2D eigenvalue weighted by atomic mass is 9.96. The Bertz CT molecular complexity index is 1060. The number of carbonyl (C=O) groups is 1. The van der Waals surface area contributed by atoms with Crippen LogP contribution in [0.3, 0.4) is 0 Å². The van der Waals surface area contributed by atoms with E-state index in [-0.39, 0.29) is 23.8 Å². The number of rotatable bonds is 7. The van der Waals surface area contributed by atoms with Crippen LogP contribution in [0.25, 0.3) is 0 Å². The van der Waals surface area contributed by atoms with Crippen molar-refractivity contribution in [3.8, 4) is 29.1 Å². The molecule has 0 amide bonds. The third-order valence-corrected chi connectivity index (χ3v) is 5.62. The molecule has 0 aromatic heterocycles. The first-order chi connectivity index (χ1) is 15.8. The average Bonchev–Trinajstić information content (AvgIpc) is 2.76. The number of aliphatic hydroxyl groups excluding tert-OH is 1. The fraction of sp³-hybridized carbons (Fsp3) is 0.464. The minimum absolute atomic E-state index is 0.0712. The molecule has 0 spiro atoms. The number of hydrogen-bond donors (Lipinski definition) is 1. The smallest absolute Gasteiger partial charge is 0.346 e. The van der Waals surface area contributed by atoms with Gasteiger partial charge in [-0.15, -0.1) is 0 Å². The zero-order valence-corrected chi connectivity index (χ0v) is 20.3. The Balaban J connectivity index is 2.06. The minimum atomic E-state index is -0.761. The first kappa shape index (κ1) is 24.7. The molecule has 0 bridgehead atoms. The van der Waals surface area contributed by atoms with Gasteiger partial charge in [-0.1, -0.05) is 45.5 Å². The first-order valence-corrected chi connectivity index (χ1v) is 11.7. The van der Waals surface area contributed by atoms with Crippen molar-refractivity contribution in [2.75, 3.05) is 7.11 Å². The number of fused-ring (bicyclic) bond motifs is 2. The zero-order chi connectivity index (χ0) is 24.0. The van der Waals surface area contributed by atoms with Crippen molar-refractivity contribution in [2.24, 2.45) is 5.92 Å². The molecule has 176 valence electrons. The van der Waals surface area contributed by atoms with Gasteiger partial charge in [-0.3, -0.25) is 0 Å². The molecule has 0 saturated heterocycles. The van der Waals surface area contributed by atoms with Crippen LogP contribution >= 0.6 is 0 Å². The maximum Gasteiger partial charge on any atom is 0.346 e. The molecule has 33 heavy (non-hydrogen) atoms. The van der Waals surface area contributed by atoms with Crippen molar-refractivity contribution >= 4 is 5.97 Å². The Morgan fingerprint density at radius 3 is 2.70 bits per heavy atom. The molecule has 0 radical (unpaired) electrons. The Morgan fingerprint density at radius 2 is 2.00 bits per heavy atom. The summed E-state index contributed by atoms with van der Waals surface area (Å²) in [4.78, 5) is 13.0. The number of aliphatic hydroxyl groups is 1. The number of carbonyl (C=O) groups excluding carboxylic acids is 1. The van der Waals surface area contributed by atoms with Gasteiger partial charge in [0.2, 0.25) is 0 Å². The molecule has 1 N–H and O–H groups in total. The van der Waals surface area contributed by atoms with Gasteiger partial charge in [0.1, 0.15) is 29.4 Å².